The minimum Gasteiger partial charge on any atom is -0.481 e. The van der Waals surface area contributed by atoms with Gasteiger partial charge in [-0.15, -0.1) is 0 Å². The van der Waals surface area contributed by atoms with E-state index in [1.54, 1.807) is 0 Å². The van der Waals surface area contributed by atoms with Gasteiger partial charge < -0.3 is 10.0 Å². The summed E-state index contributed by atoms with van der Waals surface area (Å²) in [5.74, 6) is -0.638. The zero-order valence-electron chi connectivity index (χ0n) is 9.42. The fourth-order valence-corrected chi connectivity index (χ4v) is 1.93. The van der Waals surface area contributed by atoms with E-state index in [1.807, 2.05) is 6.92 Å². The van der Waals surface area contributed by atoms with E-state index in [2.05, 4.69) is 18.7 Å². The Kier molecular flexibility index (Phi) is 3.53. The summed E-state index contributed by atoms with van der Waals surface area (Å²) in [7, 11) is 0. The van der Waals surface area contributed by atoms with E-state index in [9.17, 15) is 4.79 Å². The van der Waals surface area contributed by atoms with Crippen LogP contribution < -0.4 is 0 Å². The number of carbonyl (C=O) groups is 1. The van der Waals surface area contributed by atoms with Crippen LogP contribution >= 0.6 is 0 Å². The van der Waals surface area contributed by atoms with Crippen molar-refractivity contribution in [3.05, 3.63) is 0 Å². The monoisotopic (exact) mass is 199 g/mol. The van der Waals surface area contributed by atoms with E-state index < -0.39 is 11.4 Å². The number of aliphatic carboxylic acids is 1. The predicted molar refractivity (Wildman–Crippen MR) is 56.3 cm³/mol. The molecule has 0 saturated carbocycles. The first-order valence-electron chi connectivity index (χ1n) is 5.47. The van der Waals surface area contributed by atoms with Crippen molar-refractivity contribution in [2.75, 3.05) is 13.1 Å². The Bertz CT molecular complexity index is 207. The number of carboxylic acid groups (broad SMARTS) is 1. The molecule has 0 radical (unpaired) electrons. The number of piperidine rings is 1. The predicted octanol–water partition coefficient (Wildman–Crippen LogP) is 1.97. The average molecular weight is 199 g/mol. The second-order valence-corrected chi connectivity index (χ2v) is 4.66. The van der Waals surface area contributed by atoms with Crippen LogP contribution in [0.4, 0.5) is 0 Å². The summed E-state index contributed by atoms with van der Waals surface area (Å²) in [6.07, 6.45) is 2.71. The van der Waals surface area contributed by atoms with Gasteiger partial charge >= 0.3 is 5.97 Å². The molecule has 1 heterocycles. The fourth-order valence-electron chi connectivity index (χ4n) is 1.93. The van der Waals surface area contributed by atoms with Crippen molar-refractivity contribution in [2.24, 2.45) is 5.41 Å². The Balaban J connectivity index is 2.49. The van der Waals surface area contributed by atoms with Gasteiger partial charge in [0, 0.05) is 6.04 Å². The van der Waals surface area contributed by atoms with Crippen molar-refractivity contribution in [1.29, 1.82) is 0 Å². The van der Waals surface area contributed by atoms with Gasteiger partial charge in [-0.3, -0.25) is 4.79 Å². The van der Waals surface area contributed by atoms with Crippen LogP contribution in [0.3, 0.4) is 0 Å². The molecule has 0 aromatic rings. The van der Waals surface area contributed by atoms with E-state index in [1.165, 1.54) is 0 Å². The van der Waals surface area contributed by atoms with Gasteiger partial charge in [0.15, 0.2) is 0 Å². The molecule has 0 bridgehead atoms. The Labute approximate surface area is 86.1 Å². The van der Waals surface area contributed by atoms with E-state index in [0.29, 0.717) is 6.04 Å². The summed E-state index contributed by atoms with van der Waals surface area (Å²) in [6.45, 7) is 8.11. The lowest BCUT2D eigenvalue weighted by molar-refractivity contribution is -0.151. The second-order valence-electron chi connectivity index (χ2n) is 4.66. The van der Waals surface area contributed by atoms with Crippen LogP contribution in [0.15, 0.2) is 0 Å². The SMILES string of the molecule is CCC(C)N1CCC(C)(C(=O)O)CC1. The van der Waals surface area contributed by atoms with Gasteiger partial charge in [-0.2, -0.15) is 0 Å². The van der Waals surface area contributed by atoms with E-state index in [4.69, 9.17) is 5.11 Å². The molecule has 0 spiro atoms. The zero-order chi connectivity index (χ0) is 10.8. The first-order chi connectivity index (χ1) is 6.49. The largest absolute Gasteiger partial charge is 0.481 e. The fraction of sp³-hybridized carbons (Fsp3) is 0.909. The van der Waals surface area contributed by atoms with E-state index in [-0.39, 0.29) is 0 Å². The molecule has 82 valence electrons. The van der Waals surface area contributed by atoms with Crippen LogP contribution in [0.5, 0.6) is 0 Å². The summed E-state index contributed by atoms with van der Waals surface area (Å²) < 4.78 is 0. The third-order valence-corrected chi connectivity index (χ3v) is 3.63. The molecule has 1 unspecified atom stereocenters. The number of nitrogens with zero attached hydrogens (tertiary/aromatic N) is 1. The number of rotatable bonds is 3. The Morgan fingerprint density at radius 3 is 2.36 bits per heavy atom. The van der Waals surface area contributed by atoms with Gasteiger partial charge in [-0.05, 0) is 46.2 Å². The minimum atomic E-state index is -0.638. The first-order valence-corrected chi connectivity index (χ1v) is 5.47. The Morgan fingerprint density at radius 2 is 2.00 bits per heavy atom. The maximum Gasteiger partial charge on any atom is 0.309 e. The van der Waals surface area contributed by atoms with Gasteiger partial charge in [0.2, 0.25) is 0 Å². The van der Waals surface area contributed by atoms with Gasteiger partial charge in [-0.25, -0.2) is 0 Å². The quantitative estimate of drug-likeness (QED) is 0.755. The van der Waals surface area contributed by atoms with Crippen LogP contribution in [0, 0.1) is 5.41 Å². The van der Waals surface area contributed by atoms with Crippen LogP contribution in [0.25, 0.3) is 0 Å². The molecule has 3 heteroatoms. The molecule has 1 aliphatic heterocycles. The summed E-state index contributed by atoms with van der Waals surface area (Å²) in [5, 5.41) is 9.06. The number of hydrogen-bond acceptors (Lipinski definition) is 2. The summed E-state index contributed by atoms with van der Waals surface area (Å²) in [6, 6.07) is 0.591. The molecule has 0 aromatic carbocycles. The number of likely N-dealkylation sites (tertiary alicyclic amines) is 1. The lowest BCUT2D eigenvalue weighted by atomic mass is 9.80. The summed E-state index contributed by atoms with van der Waals surface area (Å²) in [5.41, 5.74) is -0.482. The molecule has 3 nitrogen and oxygen atoms in total. The topological polar surface area (TPSA) is 40.5 Å². The van der Waals surface area contributed by atoms with Gasteiger partial charge in [0.1, 0.15) is 0 Å². The molecule has 0 aliphatic carbocycles. The standard InChI is InChI=1S/C11H21NO2/c1-4-9(2)12-7-5-11(3,6-8-12)10(13)14/h9H,4-8H2,1-3H3,(H,13,14). The van der Waals surface area contributed by atoms with Crippen LogP contribution in [-0.2, 0) is 4.79 Å². The zero-order valence-corrected chi connectivity index (χ0v) is 9.42. The summed E-state index contributed by atoms with van der Waals surface area (Å²) >= 11 is 0. The van der Waals surface area contributed by atoms with Crippen LogP contribution in [-0.4, -0.2) is 35.1 Å². The summed E-state index contributed by atoms with van der Waals surface area (Å²) in [4.78, 5) is 13.4. The molecule has 1 saturated heterocycles. The Hall–Kier alpha value is -0.570. The highest BCUT2D eigenvalue weighted by molar-refractivity contribution is 5.74. The molecule has 0 aromatic heterocycles. The van der Waals surface area contributed by atoms with Gasteiger partial charge in [-0.1, -0.05) is 6.92 Å². The molecule has 14 heavy (non-hydrogen) atoms. The minimum absolute atomic E-state index is 0.482. The number of hydrogen-bond donors (Lipinski definition) is 1. The molecule has 1 fully saturated rings. The van der Waals surface area contributed by atoms with Gasteiger partial charge in [0.05, 0.1) is 5.41 Å². The molecular weight excluding hydrogens is 178 g/mol. The van der Waals surface area contributed by atoms with E-state index in [0.717, 1.165) is 32.4 Å². The molecular formula is C11H21NO2. The highest BCUT2D eigenvalue weighted by Gasteiger charge is 2.37. The van der Waals surface area contributed by atoms with Gasteiger partial charge in [0.25, 0.3) is 0 Å². The lowest BCUT2D eigenvalue weighted by Gasteiger charge is -2.39. The van der Waals surface area contributed by atoms with Crippen LogP contribution in [0.1, 0.15) is 40.0 Å². The first kappa shape index (κ1) is 11.5. The van der Waals surface area contributed by atoms with Crippen molar-refractivity contribution in [1.82, 2.24) is 4.90 Å². The molecule has 1 rings (SSSR count). The third kappa shape index (κ3) is 2.27. The smallest absolute Gasteiger partial charge is 0.309 e. The maximum absolute atomic E-state index is 11.0. The molecule has 1 aliphatic rings. The third-order valence-electron chi connectivity index (χ3n) is 3.63. The van der Waals surface area contributed by atoms with Crippen molar-refractivity contribution in [3.63, 3.8) is 0 Å². The van der Waals surface area contributed by atoms with E-state index >= 15 is 0 Å². The highest BCUT2D eigenvalue weighted by Crippen LogP contribution is 2.31. The molecule has 1 atom stereocenters. The van der Waals surface area contributed by atoms with Crippen molar-refractivity contribution in [2.45, 2.75) is 46.1 Å². The maximum atomic E-state index is 11.0. The highest BCUT2D eigenvalue weighted by atomic mass is 16.4. The Morgan fingerprint density at radius 1 is 1.50 bits per heavy atom. The van der Waals surface area contributed by atoms with Crippen molar-refractivity contribution < 1.29 is 9.90 Å². The molecule has 1 N–H and O–H groups in total. The second kappa shape index (κ2) is 4.30. The number of carboxylic acids is 1. The molecule has 0 amide bonds. The van der Waals surface area contributed by atoms with Crippen molar-refractivity contribution in [3.8, 4) is 0 Å². The average Bonchev–Trinajstić information content (AvgIpc) is 2.17. The van der Waals surface area contributed by atoms with Crippen molar-refractivity contribution >= 4 is 5.97 Å². The van der Waals surface area contributed by atoms with Crippen LogP contribution in [0.2, 0.25) is 0 Å². The lowest BCUT2D eigenvalue weighted by Crippen LogP contribution is -2.45. The normalized spacial score (nSPS) is 24.5.